The van der Waals surface area contributed by atoms with E-state index in [-0.39, 0.29) is 16.6 Å². The van der Waals surface area contributed by atoms with Gasteiger partial charge in [0.15, 0.2) is 5.78 Å². The van der Waals surface area contributed by atoms with Crippen LogP contribution in [0.15, 0.2) is 59.7 Å². The molecule has 0 aromatic heterocycles. The van der Waals surface area contributed by atoms with Gasteiger partial charge in [0, 0.05) is 17.3 Å². The number of carbonyl (C=O) groups is 1. The van der Waals surface area contributed by atoms with Crippen LogP contribution in [0.5, 0.6) is 11.5 Å². The summed E-state index contributed by atoms with van der Waals surface area (Å²) in [4.78, 5) is 11.5. The van der Waals surface area contributed by atoms with Crippen molar-refractivity contribution in [1.82, 2.24) is 0 Å². The normalized spacial score (nSPS) is 27.5. The molecule has 0 fully saturated rings. The summed E-state index contributed by atoms with van der Waals surface area (Å²) >= 11 is 0. The van der Waals surface area contributed by atoms with Crippen LogP contribution in [0.2, 0.25) is 0 Å². The Morgan fingerprint density at radius 2 is 1.30 bits per heavy atom. The molecule has 0 saturated carbocycles. The third-order valence-corrected chi connectivity index (χ3v) is 8.59. The van der Waals surface area contributed by atoms with Crippen LogP contribution in [-0.4, -0.2) is 16.0 Å². The fraction of sp³-hybridized carbons (Fsp3) is 0.433. The molecule has 0 aliphatic heterocycles. The number of hydrogen-bond acceptors (Lipinski definition) is 3. The molecule has 2 atom stereocenters. The number of allylic oxidation sites excluding steroid dienone is 4. The molecule has 6 rings (SSSR count). The highest BCUT2D eigenvalue weighted by Gasteiger charge is 2.39. The van der Waals surface area contributed by atoms with Gasteiger partial charge < -0.3 is 10.2 Å². The van der Waals surface area contributed by atoms with Crippen molar-refractivity contribution in [2.24, 2.45) is 0 Å². The molecule has 2 unspecified atom stereocenters. The van der Waals surface area contributed by atoms with E-state index in [9.17, 15) is 15.0 Å². The summed E-state index contributed by atoms with van der Waals surface area (Å²) in [7, 11) is 0. The van der Waals surface area contributed by atoms with E-state index >= 15 is 0 Å². The second kappa shape index (κ2) is 8.20. The van der Waals surface area contributed by atoms with Gasteiger partial charge in [-0.1, -0.05) is 43.2 Å². The largest absolute Gasteiger partial charge is 0.508 e. The molecule has 2 aromatic rings. The highest BCUT2D eigenvalue weighted by Crippen LogP contribution is 2.48. The highest BCUT2D eigenvalue weighted by molar-refractivity contribution is 5.92. The first-order valence-electron chi connectivity index (χ1n) is 12.4. The third-order valence-electron chi connectivity index (χ3n) is 8.59. The summed E-state index contributed by atoms with van der Waals surface area (Å²) < 4.78 is 0. The fourth-order valence-corrected chi connectivity index (χ4v) is 6.61. The average Bonchev–Trinajstić information content (AvgIpc) is 2.79. The minimum atomic E-state index is 0.00912. The van der Waals surface area contributed by atoms with Crippen LogP contribution in [-0.2, 0) is 28.5 Å². The van der Waals surface area contributed by atoms with Crippen LogP contribution < -0.4 is 0 Å². The van der Waals surface area contributed by atoms with Gasteiger partial charge in [-0.05, 0) is 104 Å². The molecule has 2 N–H and O–H groups in total. The van der Waals surface area contributed by atoms with Gasteiger partial charge in [0.25, 0.3) is 0 Å². The molecule has 4 aliphatic carbocycles. The summed E-state index contributed by atoms with van der Waals surface area (Å²) in [5.74, 6) is 1.01. The Kier molecular flexibility index (Phi) is 5.47. The van der Waals surface area contributed by atoms with E-state index in [1.165, 1.54) is 53.5 Å². The zero-order chi connectivity index (χ0) is 23.2. The van der Waals surface area contributed by atoms with Crippen LogP contribution in [0.3, 0.4) is 0 Å². The molecule has 0 saturated heterocycles. The van der Waals surface area contributed by atoms with E-state index in [1.54, 1.807) is 11.6 Å². The average molecular weight is 443 g/mol. The maximum atomic E-state index is 11.5. The van der Waals surface area contributed by atoms with E-state index in [1.807, 2.05) is 30.3 Å². The van der Waals surface area contributed by atoms with Gasteiger partial charge >= 0.3 is 0 Å². The minimum Gasteiger partial charge on any atom is -0.508 e. The lowest BCUT2D eigenvalue weighted by Gasteiger charge is -2.41. The Labute approximate surface area is 196 Å². The van der Waals surface area contributed by atoms with Crippen molar-refractivity contribution in [2.75, 3.05) is 0 Å². The number of aryl methyl sites for hydroxylation is 2. The maximum Gasteiger partial charge on any atom is 0.155 e. The number of phenolic OH excluding ortho intramolecular Hbond substituents is 2. The number of fused-ring (bicyclic) bond motifs is 6. The maximum absolute atomic E-state index is 11.5. The smallest absolute Gasteiger partial charge is 0.155 e. The number of carbonyl (C=O) groups excluding carboxylic acids is 1. The van der Waals surface area contributed by atoms with E-state index < -0.39 is 0 Å². The molecular formula is C30H34O3. The molecular weight excluding hydrogens is 408 g/mol. The van der Waals surface area contributed by atoms with Crippen LogP contribution in [0, 0.1) is 0 Å². The highest BCUT2D eigenvalue weighted by atomic mass is 16.3. The first-order chi connectivity index (χ1) is 15.8. The molecule has 0 radical (unpaired) electrons. The molecule has 3 nitrogen and oxygen atoms in total. The van der Waals surface area contributed by atoms with E-state index in [0.29, 0.717) is 17.9 Å². The summed E-state index contributed by atoms with van der Waals surface area (Å²) in [5, 5.41) is 19.1. The number of hydrogen-bond donors (Lipinski definition) is 2. The van der Waals surface area contributed by atoms with Crippen molar-refractivity contribution in [3.05, 3.63) is 82.0 Å². The van der Waals surface area contributed by atoms with Crippen molar-refractivity contribution in [1.29, 1.82) is 0 Å². The van der Waals surface area contributed by atoms with Gasteiger partial charge in [0.1, 0.15) is 11.5 Å². The van der Waals surface area contributed by atoms with Crippen molar-refractivity contribution in [2.45, 2.75) is 82.5 Å². The molecule has 0 heterocycles. The molecule has 2 aromatic carbocycles. The van der Waals surface area contributed by atoms with Crippen molar-refractivity contribution in [3.8, 4) is 11.5 Å². The quantitative estimate of drug-likeness (QED) is 0.452. The molecule has 172 valence electrons. The molecule has 0 spiro atoms. The summed E-state index contributed by atoms with van der Waals surface area (Å²) in [6.07, 6.45) is 13.8. The number of rotatable bonds is 0. The minimum absolute atomic E-state index is 0.00912. The van der Waals surface area contributed by atoms with Crippen LogP contribution in [0.4, 0.5) is 0 Å². The van der Waals surface area contributed by atoms with Gasteiger partial charge in [0.2, 0.25) is 0 Å². The van der Waals surface area contributed by atoms with Crippen molar-refractivity contribution >= 4 is 5.78 Å². The lowest BCUT2D eigenvalue weighted by molar-refractivity contribution is -0.115. The van der Waals surface area contributed by atoms with Gasteiger partial charge in [0.05, 0.1) is 0 Å². The Bertz CT molecular complexity index is 1170. The molecule has 3 heteroatoms. The molecule has 0 bridgehead atoms. The van der Waals surface area contributed by atoms with Crippen molar-refractivity contribution in [3.63, 3.8) is 0 Å². The topological polar surface area (TPSA) is 57.5 Å². The lowest BCUT2D eigenvalue weighted by atomic mass is 9.63. The van der Waals surface area contributed by atoms with E-state index in [4.69, 9.17) is 0 Å². The summed E-state index contributed by atoms with van der Waals surface area (Å²) in [6.45, 7) is 4.59. The van der Waals surface area contributed by atoms with Gasteiger partial charge in [-0.3, -0.25) is 4.79 Å². The van der Waals surface area contributed by atoms with E-state index in [0.717, 1.165) is 25.7 Å². The number of ketones is 1. The zero-order valence-electron chi connectivity index (χ0n) is 19.8. The van der Waals surface area contributed by atoms with Crippen LogP contribution >= 0.6 is 0 Å². The fourth-order valence-electron chi connectivity index (χ4n) is 6.61. The second-order valence-electron chi connectivity index (χ2n) is 10.6. The first kappa shape index (κ1) is 22.0. The van der Waals surface area contributed by atoms with Crippen LogP contribution in [0.25, 0.3) is 0 Å². The monoisotopic (exact) mass is 442 g/mol. The SMILES string of the molecule is CC12CCC(=O)C=C1CCc1cc(O)ccc12.CC12CCCC=C1CCc1cc(O)ccc12. The third kappa shape index (κ3) is 3.82. The number of phenols is 2. The molecule has 0 amide bonds. The van der Waals surface area contributed by atoms with Crippen LogP contribution in [0.1, 0.15) is 81.0 Å². The summed E-state index contributed by atoms with van der Waals surface area (Å²) in [6, 6.07) is 11.6. The van der Waals surface area contributed by atoms with Gasteiger partial charge in [-0.25, -0.2) is 0 Å². The number of aromatic hydroxyl groups is 2. The van der Waals surface area contributed by atoms with Gasteiger partial charge in [-0.15, -0.1) is 0 Å². The standard InChI is InChI=1S/C15H16O2.C15H18O/c1-15-7-6-13(17)9-11(15)3-2-10-8-12(16)4-5-14(10)15;1-15-9-3-2-4-12(15)6-5-11-10-13(16)7-8-14(11)15/h4-5,8-9,16H,2-3,6-7H2,1H3;4,7-8,10,16H,2-3,5-6,9H2,1H3. The lowest BCUT2D eigenvalue weighted by Crippen LogP contribution is -2.34. The Balaban J connectivity index is 0.000000139. The van der Waals surface area contributed by atoms with E-state index in [2.05, 4.69) is 26.0 Å². The molecule has 33 heavy (non-hydrogen) atoms. The predicted molar refractivity (Wildman–Crippen MR) is 132 cm³/mol. The zero-order valence-corrected chi connectivity index (χ0v) is 19.8. The Morgan fingerprint density at radius 1 is 0.727 bits per heavy atom. The Morgan fingerprint density at radius 3 is 1.94 bits per heavy atom. The summed E-state index contributed by atoms with van der Waals surface area (Å²) in [5.41, 5.74) is 8.47. The second-order valence-corrected chi connectivity index (χ2v) is 10.6. The first-order valence-corrected chi connectivity index (χ1v) is 12.4. The van der Waals surface area contributed by atoms with Crippen molar-refractivity contribution < 1.29 is 15.0 Å². The Hall–Kier alpha value is -2.81. The molecule has 4 aliphatic rings. The van der Waals surface area contributed by atoms with Gasteiger partial charge in [-0.2, -0.15) is 0 Å². The predicted octanol–water partition coefficient (Wildman–Crippen LogP) is 6.59. The number of benzene rings is 2.